The highest BCUT2D eigenvalue weighted by molar-refractivity contribution is 5.88. The number of benzene rings is 1. The molecule has 0 aliphatic carbocycles. The topological polar surface area (TPSA) is 148 Å². The fraction of sp³-hybridized carbons (Fsp3) is 0.235. The van der Waals surface area contributed by atoms with Gasteiger partial charge in [-0.05, 0) is 31.5 Å². The minimum absolute atomic E-state index is 0.0161. The van der Waals surface area contributed by atoms with E-state index in [1.54, 1.807) is 19.1 Å². The molecule has 0 spiro atoms. The summed E-state index contributed by atoms with van der Waals surface area (Å²) in [5.41, 5.74) is 0.0116. The highest BCUT2D eigenvalue weighted by atomic mass is 16.4. The molecule has 1 aromatic heterocycles. The zero-order chi connectivity index (χ0) is 19.4. The highest BCUT2D eigenvalue weighted by Gasteiger charge is 2.19. The van der Waals surface area contributed by atoms with E-state index in [4.69, 9.17) is 10.2 Å². The van der Waals surface area contributed by atoms with Gasteiger partial charge in [0.15, 0.2) is 5.69 Å². The number of carboxylic acid groups (broad SMARTS) is 1. The maximum atomic E-state index is 12.5. The molecule has 0 atom stereocenters. The van der Waals surface area contributed by atoms with E-state index < -0.39 is 24.0 Å². The normalized spacial score (nSPS) is 10.8. The summed E-state index contributed by atoms with van der Waals surface area (Å²) in [6.07, 6.45) is 0. The van der Waals surface area contributed by atoms with Gasteiger partial charge >= 0.3 is 5.97 Å². The average Bonchev–Trinajstić information content (AvgIpc) is 2.60. The number of rotatable bonds is 5. The van der Waals surface area contributed by atoms with E-state index in [0.29, 0.717) is 5.56 Å². The molecule has 0 fully saturated rings. The van der Waals surface area contributed by atoms with Crippen LogP contribution in [0.25, 0.3) is 0 Å². The van der Waals surface area contributed by atoms with Gasteiger partial charge in [0.1, 0.15) is 11.6 Å². The summed E-state index contributed by atoms with van der Waals surface area (Å²) >= 11 is 0. The van der Waals surface area contributed by atoms with Crippen molar-refractivity contribution in [1.82, 2.24) is 4.57 Å². The second-order valence-corrected chi connectivity index (χ2v) is 5.47. The lowest BCUT2D eigenvalue weighted by Crippen LogP contribution is -2.23. The number of pyridine rings is 1. The standard InChI is InChI=1S/C17H16N4O5/c1-9-3-4-11(17(25)26)7-13(9)19-20-14-10(2)12(8-18)15(23)21(5-6-22)16(14)24/h3-4,7,22-23H,5-6H2,1-2H3,(H,25,26). The van der Waals surface area contributed by atoms with Crippen LogP contribution in [0.1, 0.15) is 27.0 Å². The summed E-state index contributed by atoms with van der Waals surface area (Å²) in [5.74, 6) is -1.67. The van der Waals surface area contributed by atoms with Crippen LogP contribution in [0.15, 0.2) is 33.2 Å². The summed E-state index contributed by atoms with van der Waals surface area (Å²) in [6.45, 7) is 2.51. The molecule has 0 bridgehead atoms. The SMILES string of the molecule is Cc1ccc(C(=O)O)cc1N=Nc1c(C)c(C#N)c(O)n(CCO)c1=O. The Labute approximate surface area is 148 Å². The minimum Gasteiger partial charge on any atom is -0.493 e. The van der Waals surface area contributed by atoms with Crippen molar-refractivity contribution in [3.8, 4) is 11.9 Å². The van der Waals surface area contributed by atoms with Crippen molar-refractivity contribution in [2.45, 2.75) is 20.4 Å². The second kappa shape index (κ2) is 7.58. The van der Waals surface area contributed by atoms with Crippen LogP contribution in [-0.4, -0.2) is 32.5 Å². The molecule has 2 aromatic rings. The van der Waals surface area contributed by atoms with Gasteiger partial charge in [0.25, 0.3) is 5.56 Å². The molecule has 0 amide bonds. The van der Waals surface area contributed by atoms with E-state index in [-0.39, 0.29) is 34.6 Å². The monoisotopic (exact) mass is 356 g/mol. The molecular weight excluding hydrogens is 340 g/mol. The maximum Gasteiger partial charge on any atom is 0.335 e. The summed E-state index contributed by atoms with van der Waals surface area (Å²) in [5, 5.41) is 45.2. The lowest BCUT2D eigenvalue weighted by molar-refractivity contribution is 0.0697. The van der Waals surface area contributed by atoms with Crippen molar-refractivity contribution >= 4 is 17.3 Å². The Morgan fingerprint density at radius 3 is 2.58 bits per heavy atom. The number of hydrogen-bond donors (Lipinski definition) is 3. The van der Waals surface area contributed by atoms with Gasteiger partial charge in [0, 0.05) is 5.56 Å². The van der Waals surface area contributed by atoms with Crippen molar-refractivity contribution in [2.24, 2.45) is 10.2 Å². The smallest absolute Gasteiger partial charge is 0.335 e. The first-order valence-electron chi connectivity index (χ1n) is 7.54. The van der Waals surface area contributed by atoms with E-state index >= 15 is 0 Å². The molecule has 0 radical (unpaired) electrons. The number of nitrogens with zero attached hydrogens (tertiary/aromatic N) is 4. The predicted octanol–water partition coefficient (Wildman–Crippen LogP) is 2.15. The van der Waals surface area contributed by atoms with E-state index in [0.717, 1.165) is 4.57 Å². The number of aryl methyl sites for hydroxylation is 1. The number of azo groups is 1. The van der Waals surface area contributed by atoms with Gasteiger partial charge in [-0.1, -0.05) is 6.07 Å². The number of aliphatic hydroxyl groups is 1. The van der Waals surface area contributed by atoms with Crippen molar-refractivity contribution in [1.29, 1.82) is 5.26 Å². The molecule has 0 saturated heterocycles. The zero-order valence-electron chi connectivity index (χ0n) is 14.1. The van der Waals surface area contributed by atoms with Crippen LogP contribution in [-0.2, 0) is 6.54 Å². The van der Waals surface area contributed by atoms with E-state index in [1.807, 2.05) is 0 Å². The number of nitriles is 1. The third kappa shape index (κ3) is 3.45. The summed E-state index contributed by atoms with van der Waals surface area (Å²) in [6, 6.07) is 6.09. The van der Waals surface area contributed by atoms with Crippen LogP contribution in [0, 0.1) is 25.2 Å². The Bertz CT molecular complexity index is 1000. The predicted molar refractivity (Wildman–Crippen MR) is 91.2 cm³/mol. The Morgan fingerprint density at radius 2 is 2.00 bits per heavy atom. The number of carbonyl (C=O) groups is 1. The van der Waals surface area contributed by atoms with Gasteiger partial charge < -0.3 is 15.3 Å². The molecule has 0 unspecified atom stereocenters. The number of aromatic carboxylic acids is 1. The Kier molecular flexibility index (Phi) is 5.49. The van der Waals surface area contributed by atoms with Crippen molar-refractivity contribution in [3.63, 3.8) is 0 Å². The quantitative estimate of drug-likeness (QED) is 0.699. The zero-order valence-corrected chi connectivity index (χ0v) is 14.1. The molecule has 0 aliphatic heterocycles. The molecule has 3 N–H and O–H groups in total. The number of carboxylic acids is 1. The van der Waals surface area contributed by atoms with E-state index in [2.05, 4.69) is 10.2 Å². The van der Waals surface area contributed by atoms with Crippen LogP contribution < -0.4 is 5.56 Å². The number of hydrogen-bond acceptors (Lipinski definition) is 7. The number of aromatic nitrogens is 1. The van der Waals surface area contributed by atoms with Crippen LogP contribution in [0.4, 0.5) is 11.4 Å². The third-order valence-corrected chi connectivity index (χ3v) is 3.81. The first kappa shape index (κ1) is 18.8. The average molecular weight is 356 g/mol. The molecule has 1 aromatic carbocycles. The lowest BCUT2D eigenvalue weighted by Gasteiger charge is -2.11. The lowest BCUT2D eigenvalue weighted by atomic mass is 10.1. The fourth-order valence-corrected chi connectivity index (χ4v) is 2.32. The molecule has 9 heteroatoms. The van der Waals surface area contributed by atoms with Gasteiger partial charge in [-0.2, -0.15) is 10.4 Å². The molecule has 9 nitrogen and oxygen atoms in total. The molecule has 1 heterocycles. The second-order valence-electron chi connectivity index (χ2n) is 5.47. The Hall–Kier alpha value is -3.51. The highest BCUT2D eigenvalue weighted by Crippen LogP contribution is 2.28. The van der Waals surface area contributed by atoms with Crippen LogP contribution in [0.5, 0.6) is 5.88 Å². The first-order valence-corrected chi connectivity index (χ1v) is 7.54. The van der Waals surface area contributed by atoms with Gasteiger partial charge in [-0.15, -0.1) is 5.11 Å². The molecule has 0 saturated carbocycles. The number of aromatic hydroxyl groups is 1. The molecular formula is C17H16N4O5. The van der Waals surface area contributed by atoms with Crippen molar-refractivity contribution in [2.75, 3.05) is 6.61 Å². The van der Waals surface area contributed by atoms with Crippen molar-refractivity contribution in [3.05, 3.63) is 50.8 Å². The molecule has 0 aliphatic rings. The van der Waals surface area contributed by atoms with Crippen LogP contribution in [0.3, 0.4) is 0 Å². The molecule has 2 rings (SSSR count). The fourth-order valence-electron chi connectivity index (χ4n) is 2.32. The summed E-state index contributed by atoms with van der Waals surface area (Å²) in [4.78, 5) is 23.6. The van der Waals surface area contributed by atoms with Crippen LogP contribution in [0.2, 0.25) is 0 Å². The summed E-state index contributed by atoms with van der Waals surface area (Å²) in [7, 11) is 0. The largest absolute Gasteiger partial charge is 0.493 e. The van der Waals surface area contributed by atoms with E-state index in [9.17, 15) is 20.0 Å². The molecule has 26 heavy (non-hydrogen) atoms. The summed E-state index contributed by atoms with van der Waals surface area (Å²) < 4.78 is 0.834. The van der Waals surface area contributed by atoms with Gasteiger partial charge in [-0.25, -0.2) is 4.79 Å². The molecule has 134 valence electrons. The van der Waals surface area contributed by atoms with Gasteiger partial charge in [0.05, 0.1) is 24.4 Å². The maximum absolute atomic E-state index is 12.5. The Balaban J connectivity index is 2.64. The van der Waals surface area contributed by atoms with Crippen LogP contribution >= 0.6 is 0 Å². The van der Waals surface area contributed by atoms with Gasteiger partial charge in [0.2, 0.25) is 5.88 Å². The Morgan fingerprint density at radius 1 is 1.31 bits per heavy atom. The van der Waals surface area contributed by atoms with E-state index in [1.165, 1.54) is 19.1 Å². The third-order valence-electron chi connectivity index (χ3n) is 3.81. The number of aliphatic hydroxyl groups excluding tert-OH is 1. The van der Waals surface area contributed by atoms with Gasteiger partial charge in [-0.3, -0.25) is 9.36 Å². The minimum atomic E-state index is -1.13. The first-order chi connectivity index (χ1) is 12.3. The van der Waals surface area contributed by atoms with Crippen molar-refractivity contribution < 1.29 is 20.1 Å².